The Hall–Kier alpha value is -0.820. The zero-order valence-corrected chi connectivity index (χ0v) is 8.41. The standard InChI is InChI=1S/C13H16O/c1-3-7-11(8-4-1)12-13(14-12)9-5-2-6-10-13/h1,3-4,7-8,12H,2,5-6,9-10H2/t12-/m1/s1. The molecule has 1 heteroatoms. The highest BCUT2D eigenvalue weighted by Gasteiger charge is 2.56. The molecule has 1 aromatic carbocycles. The lowest BCUT2D eigenvalue weighted by Gasteiger charge is -2.18. The summed E-state index contributed by atoms with van der Waals surface area (Å²) in [6, 6.07) is 10.7. The Kier molecular flexibility index (Phi) is 1.88. The molecule has 1 aliphatic carbocycles. The Balaban J connectivity index is 1.78. The number of epoxide rings is 1. The molecule has 2 fully saturated rings. The molecule has 0 radical (unpaired) electrons. The molecule has 0 unspecified atom stereocenters. The molecule has 3 rings (SSSR count). The van der Waals surface area contributed by atoms with Crippen molar-refractivity contribution < 1.29 is 4.74 Å². The minimum Gasteiger partial charge on any atom is -0.361 e. The van der Waals surface area contributed by atoms with Crippen LogP contribution in [-0.2, 0) is 4.74 Å². The van der Waals surface area contributed by atoms with Crippen LogP contribution in [0.3, 0.4) is 0 Å². The summed E-state index contributed by atoms with van der Waals surface area (Å²) in [5, 5.41) is 0. The van der Waals surface area contributed by atoms with E-state index in [9.17, 15) is 0 Å². The average Bonchev–Trinajstić information content (AvgIpc) is 2.95. The Labute approximate surface area is 85.1 Å². The van der Waals surface area contributed by atoms with Gasteiger partial charge >= 0.3 is 0 Å². The second-order valence-corrected chi connectivity index (χ2v) is 4.53. The maximum atomic E-state index is 5.93. The third-order valence-electron chi connectivity index (χ3n) is 3.58. The van der Waals surface area contributed by atoms with Gasteiger partial charge in [-0.3, -0.25) is 0 Å². The number of hydrogen-bond donors (Lipinski definition) is 0. The fraction of sp³-hybridized carbons (Fsp3) is 0.538. The molecular weight excluding hydrogens is 172 g/mol. The maximum Gasteiger partial charge on any atom is 0.112 e. The van der Waals surface area contributed by atoms with Crippen LogP contribution < -0.4 is 0 Å². The average molecular weight is 188 g/mol. The van der Waals surface area contributed by atoms with E-state index in [1.807, 2.05) is 0 Å². The van der Waals surface area contributed by atoms with Crippen LogP contribution in [0.1, 0.15) is 43.8 Å². The second-order valence-electron chi connectivity index (χ2n) is 4.53. The highest BCUT2D eigenvalue weighted by molar-refractivity contribution is 5.26. The van der Waals surface area contributed by atoms with Crippen molar-refractivity contribution in [2.24, 2.45) is 0 Å². The molecule has 1 heterocycles. The molecule has 1 saturated carbocycles. The van der Waals surface area contributed by atoms with Crippen LogP contribution in [0.4, 0.5) is 0 Å². The number of rotatable bonds is 1. The molecule has 0 amide bonds. The van der Waals surface area contributed by atoms with Crippen molar-refractivity contribution in [3.8, 4) is 0 Å². The van der Waals surface area contributed by atoms with Gasteiger partial charge < -0.3 is 4.74 Å². The molecule has 14 heavy (non-hydrogen) atoms. The van der Waals surface area contributed by atoms with Gasteiger partial charge in [-0.25, -0.2) is 0 Å². The first kappa shape index (κ1) is 8.49. The van der Waals surface area contributed by atoms with Gasteiger partial charge in [0.15, 0.2) is 0 Å². The third kappa shape index (κ3) is 1.27. The van der Waals surface area contributed by atoms with Gasteiger partial charge in [0.25, 0.3) is 0 Å². The summed E-state index contributed by atoms with van der Waals surface area (Å²) in [7, 11) is 0. The lowest BCUT2D eigenvalue weighted by molar-refractivity contribution is 0.233. The highest BCUT2D eigenvalue weighted by Crippen LogP contribution is 2.57. The van der Waals surface area contributed by atoms with Crippen LogP contribution in [0.15, 0.2) is 30.3 Å². The lowest BCUT2D eigenvalue weighted by Crippen LogP contribution is -2.16. The fourth-order valence-corrected chi connectivity index (χ4v) is 2.73. The largest absolute Gasteiger partial charge is 0.361 e. The minimum atomic E-state index is 0.250. The van der Waals surface area contributed by atoms with Crippen molar-refractivity contribution in [1.82, 2.24) is 0 Å². The molecule has 1 saturated heterocycles. The number of ether oxygens (including phenoxy) is 1. The molecule has 0 bridgehead atoms. The Morgan fingerprint density at radius 2 is 1.71 bits per heavy atom. The van der Waals surface area contributed by atoms with Gasteiger partial charge in [0.05, 0.1) is 5.60 Å². The third-order valence-corrected chi connectivity index (χ3v) is 3.58. The molecule has 0 N–H and O–H groups in total. The van der Waals surface area contributed by atoms with Crippen molar-refractivity contribution in [3.63, 3.8) is 0 Å². The van der Waals surface area contributed by atoms with Crippen LogP contribution in [0.2, 0.25) is 0 Å². The summed E-state index contributed by atoms with van der Waals surface area (Å²) >= 11 is 0. The summed E-state index contributed by atoms with van der Waals surface area (Å²) in [5.41, 5.74) is 1.62. The van der Waals surface area contributed by atoms with E-state index in [4.69, 9.17) is 4.74 Å². The lowest BCUT2D eigenvalue weighted by atomic mass is 9.84. The van der Waals surface area contributed by atoms with Gasteiger partial charge in [-0.15, -0.1) is 0 Å². The summed E-state index contributed by atoms with van der Waals surface area (Å²) in [6.07, 6.45) is 7.04. The quantitative estimate of drug-likeness (QED) is 0.615. The zero-order chi connectivity index (χ0) is 9.43. The normalized spacial score (nSPS) is 29.0. The Morgan fingerprint density at radius 1 is 1.00 bits per heavy atom. The van der Waals surface area contributed by atoms with Gasteiger partial charge in [-0.05, 0) is 18.4 Å². The maximum absolute atomic E-state index is 5.93. The molecule has 1 aliphatic heterocycles. The van der Waals surface area contributed by atoms with Crippen molar-refractivity contribution >= 4 is 0 Å². The molecule has 1 spiro atoms. The second kappa shape index (κ2) is 3.09. The van der Waals surface area contributed by atoms with Crippen molar-refractivity contribution in [2.75, 3.05) is 0 Å². The van der Waals surface area contributed by atoms with E-state index in [0.717, 1.165) is 0 Å². The summed E-state index contributed by atoms with van der Waals surface area (Å²) in [5.74, 6) is 0. The first-order valence-corrected chi connectivity index (χ1v) is 5.63. The van der Waals surface area contributed by atoms with E-state index >= 15 is 0 Å². The first-order valence-electron chi connectivity index (χ1n) is 5.63. The van der Waals surface area contributed by atoms with Crippen LogP contribution in [0.5, 0.6) is 0 Å². The summed E-state index contributed by atoms with van der Waals surface area (Å²) in [4.78, 5) is 0. The van der Waals surface area contributed by atoms with E-state index in [1.165, 1.54) is 37.7 Å². The van der Waals surface area contributed by atoms with E-state index in [-0.39, 0.29) is 5.60 Å². The molecule has 1 aromatic rings. The van der Waals surface area contributed by atoms with Gasteiger partial charge in [0.2, 0.25) is 0 Å². The summed E-state index contributed by atoms with van der Waals surface area (Å²) in [6.45, 7) is 0. The number of benzene rings is 1. The van der Waals surface area contributed by atoms with Crippen molar-refractivity contribution in [1.29, 1.82) is 0 Å². The zero-order valence-electron chi connectivity index (χ0n) is 8.41. The first-order chi connectivity index (χ1) is 6.91. The SMILES string of the molecule is c1ccc([C@H]2OC23CCCCC3)cc1. The van der Waals surface area contributed by atoms with E-state index < -0.39 is 0 Å². The van der Waals surface area contributed by atoms with Crippen molar-refractivity contribution in [2.45, 2.75) is 43.8 Å². The predicted molar refractivity (Wildman–Crippen MR) is 56.1 cm³/mol. The van der Waals surface area contributed by atoms with Gasteiger partial charge in [-0.1, -0.05) is 49.6 Å². The molecule has 1 nitrogen and oxygen atoms in total. The van der Waals surface area contributed by atoms with Crippen LogP contribution in [-0.4, -0.2) is 5.60 Å². The van der Waals surface area contributed by atoms with E-state index in [0.29, 0.717) is 6.10 Å². The monoisotopic (exact) mass is 188 g/mol. The predicted octanol–water partition coefficient (Wildman–Crippen LogP) is 3.46. The van der Waals surface area contributed by atoms with Crippen LogP contribution in [0, 0.1) is 0 Å². The van der Waals surface area contributed by atoms with Crippen LogP contribution >= 0.6 is 0 Å². The van der Waals surface area contributed by atoms with Gasteiger partial charge in [0.1, 0.15) is 6.10 Å². The fourth-order valence-electron chi connectivity index (χ4n) is 2.73. The molecule has 2 aliphatic rings. The van der Waals surface area contributed by atoms with Gasteiger partial charge in [0, 0.05) is 0 Å². The minimum absolute atomic E-state index is 0.250. The number of hydrogen-bond acceptors (Lipinski definition) is 1. The molecule has 1 atom stereocenters. The van der Waals surface area contributed by atoms with Crippen LogP contribution in [0.25, 0.3) is 0 Å². The van der Waals surface area contributed by atoms with E-state index in [2.05, 4.69) is 30.3 Å². The topological polar surface area (TPSA) is 12.5 Å². The Morgan fingerprint density at radius 3 is 2.43 bits per heavy atom. The smallest absolute Gasteiger partial charge is 0.112 e. The van der Waals surface area contributed by atoms with Crippen molar-refractivity contribution in [3.05, 3.63) is 35.9 Å². The summed E-state index contributed by atoms with van der Waals surface area (Å²) < 4.78 is 5.93. The molecule has 0 aromatic heterocycles. The molecule has 74 valence electrons. The molecular formula is C13H16O. The highest BCUT2D eigenvalue weighted by atomic mass is 16.6. The van der Waals surface area contributed by atoms with E-state index in [1.54, 1.807) is 0 Å². The van der Waals surface area contributed by atoms with Gasteiger partial charge in [-0.2, -0.15) is 0 Å². The Bertz CT molecular complexity index is 311.